The van der Waals surface area contributed by atoms with Crippen LogP contribution < -0.4 is 4.90 Å². The van der Waals surface area contributed by atoms with Gasteiger partial charge in [-0.05, 0) is 157 Å². The van der Waals surface area contributed by atoms with Gasteiger partial charge in [-0.1, -0.05) is 206 Å². The van der Waals surface area contributed by atoms with Crippen molar-refractivity contribution < 1.29 is 0 Å². The van der Waals surface area contributed by atoms with Crippen LogP contribution in [0.2, 0.25) is 0 Å². The number of hydrogen-bond acceptors (Lipinski definition) is 3. The van der Waals surface area contributed by atoms with E-state index in [1.54, 1.807) is 0 Å². The minimum absolute atomic E-state index is 0.473. The summed E-state index contributed by atoms with van der Waals surface area (Å²) < 4.78 is 5.30. The maximum Gasteiger partial charge on any atom is 0.0713 e. The number of thiophene rings is 2. The molecule has 1 aliphatic rings. The van der Waals surface area contributed by atoms with Crippen molar-refractivity contribution in [1.82, 2.24) is 0 Å². The molecule has 1 aliphatic carbocycles. The molecule has 0 unspecified atom stereocenters. The van der Waals surface area contributed by atoms with E-state index in [0.29, 0.717) is 0 Å². The van der Waals surface area contributed by atoms with E-state index in [1.165, 1.54) is 118 Å². The summed E-state index contributed by atoms with van der Waals surface area (Å²) in [7, 11) is 0. The lowest BCUT2D eigenvalue weighted by Crippen LogP contribution is -2.28. The van der Waals surface area contributed by atoms with E-state index in [2.05, 4.69) is 290 Å². The molecule has 0 amide bonds. The first-order chi connectivity index (χ1) is 37.6. The van der Waals surface area contributed by atoms with Crippen LogP contribution >= 0.6 is 22.7 Å². The van der Waals surface area contributed by atoms with Crippen molar-refractivity contribution in [1.29, 1.82) is 0 Å². The van der Waals surface area contributed by atoms with Crippen molar-refractivity contribution >= 4 is 80.1 Å². The molecule has 2 aromatic heterocycles. The molecule has 0 radical (unpaired) electrons. The molecule has 0 aliphatic heterocycles. The standard InChI is InChI=1S/C73H47NS2/c1-3-16-56(17-4-1)73(57-18-5-2-6-19-57)67-23-10-7-20-61(67)64-47-60(40-41-68(64)73)74(58-36-30-49(31-37-58)48-26-28-50(29-27-48)54-34-42-71-65(45-54)62-21-8-11-24-69(62)75-71)59-38-32-51(33-39-59)52-14-13-15-53(44-52)55-35-43-72-66(46-55)63-22-9-12-25-70(63)76-72/h1-47H. The van der Waals surface area contributed by atoms with Crippen molar-refractivity contribution in [2.24, 2.45) is 0 Å². The van der Waals surface area contributed by atoms with Crippen LogP contribution in [0.4, 0.5) is 17.1 Å². The first-order valence-corrected chi connectivity index (χ1v) is 27.7. The summed E-state index contributed by atoms with van der Waals surface area (Å²) in [6.45, 7) is 0. The fraction of sp³-hybridized carbons (Fsp3) is 0.0137. The lowest BCUT2D eigenvalue weighted by atomic mass is 9.68. The van der Waals surface area contributed by atoms with Crippen LogP contribution in [0.3, 0.4) is 0 Å². The van der Waals surface area contributed by atoms with Gasteiger partial charge >= 0.3 is 0 Å². The first-order valence-electron chi connectivity index (χ1n) is 26.0. The lowest BCUT2D eigenvalue weighted by molar-refractivity contribution is 0.768. The van der Waals surface area contributed by atoms with Gasteiger partial charge in [-0.3, -0.25) is 0 Å². The van der Waals surface area contributed by atoms with Crippen molar-refractivity contribution in [3.05, 3.63) is 307 Å². The van der Waals surface area contributed by atoms with Crippen LogP contribution in [0.15, 0.2) is 285 Å². The highest BCUT2D eigenvalue weighted by Crippen LogP contribution is 2.57. The van der Waals surface area contributed by atoms with E-state index in [4.69, 9.17) is 0 Å². The minimum Gasteiger partial charge on any atom is -0.310 e. The monoisotopic (exact) mass is 1000 g/mol. The van der Waals surface area contributed by atoms with Crippen molar-refractivity contribution in [3.8, 4) is 55.6 Å². The smallest absolute Gasteiger partial charge is 0.0713 e. The summed E-state index contributed by atoms with van der Waals surface area (Å²) >= 11 is 3.72. The molecule has 0 spiro atoms. The maximum atomic E-state index is 2.43. The molecule has 0 fully saturated rings. The molecule has 356 valence electrons. The summed E-state index contributed by atoms with van der Waals surface area (Å²) in [5.74, 6) is 0. The number of rotatable bonds is 9. The largest absolute Gasteiger partial charge is 0.310 e. The van der Waals surface area contributed by atoms with Crippen molar-refractivity contribution in [2.45, 2.75) is 5.41 Å². The van der Waals surface area contributed by atoms with E-state index in [9.17, 15) is 0 Å². The van der Waals surface area contributed by atoms with E-state index in [-0.39, 0.29) is 0 Å². The summed E-state index contributed by atoms with van der Waals surface area (Å²) in [6.07, 6.45) is 0. The summed E-state index contributed by atoms with van der Waals surface area (Å²) in [4.78, 5) is 2.42. The molecule has 14 aromatic rings. The molecule has 0 saturated carbocycles. The van der Waals surface area contributed by atoms with E-state index in [1.807, 2.05) is 22.7 Å². The average molecular weight is 1000 g/mol. The van der Waals surface area contributed by atoms with Gasteiger partial charge in [0.15, 0.2) is 0 Å². The van der Waals surface area contributed by atoms with Crippen LogP contribution in [0.1, 0.15) is 22.3 Å². The minimum atomic E-state index is -0.473. The number of benzene rings is 12. The van der Waals surface area contributed by atoms with Crippen LogP contribution in [0.25, 0.3) is 96.0 Å². The third-order valence-corrected chi connectivity index (χ3v) is 18.1. The summed E-state index contributed by atoms with van der Waals surface area (Å²) in [6, 6.07) is 106. The zero-order chi connectivity index (χ0) is 50.2. The SMILES string of the molecule is c1ccc(C2(c3ccccc3)c3ccccc3-c3cc(N(c4ccc(-c5ccc(-c6ccc7sc8ccccc8c7c6)cc5)cc4)c4ccc(-c5cccc(-c6ccc7sc8ccccc8c7c6)c5)cc4)ccc32)cc1. The van der Waals surface area contributed by atoms with Crippen LogP contribution in [-0.2, 0) is 5.41 Å². The van der Waals surface area contributed by atoms with Gasteiger partial charge in [0, 0.05) is 57.4 Å². The molecular weight excluding hydrogens is 955 g/mol. The van der Waals surface area contributed by atoms with Crippen molar-refractivity contribution in [3.63, 3.8) is 0 Å². The highest BCUT2D eigenvalue weighted by atomic mass is 32.1. The number of fused-ring (bicyclic) bond motifs is 9. The van der Waals surface area contributed by atoms with Crippen LogP contribution in [0, 0.1) is 0 Å². The Kier molecular flexibility index (Phi) is 10.6. The molecule has 0 atom stereocenters. The third-order valence-electron chi connectivity index (χ3n) is 15.8. The van der Waals surface area contributed by atoms with Crippen LogP contribution in [0.5, 0.6) is 0 Å². The molecule has 2 heterocycles. The van der Waals surface area contributed by atoms with Gasteiger partial charge in [0.2, 0.25) is 0 Å². The Morgan fingerprint density at radius 3 is 1.20 bits per heavy atom. The fourth-order valence-corrected chi connectivity index (χ4v) is 14.3. The molecule has 0 bridgehead atoms. The van der Waals surface area contributed by atoms with Crippen molar-refractivity contribution in [2.75, 3.05) is 4.90 Å². The predicted octanol–water partition coefficient (Wildman–Crippen LogP) is 20.9. The Morgan fingerprint density at radius 2 is 0.632 bits per heavy atom. The van der Waals surface area contributed by atoms with Gasteiger partial charge in [-0.2, -0.15) is 0 Å². The van der Waals surface area contributed by atoms with Gasteiger partial charge in [0.05, 0.1) is 5.41 Å². The Balaban J connectivity index is 0.815. The van der Waals surface area contributed by atoms with Gasteiger partial charge in [-0.15, -0.1) is 22.7 Å². The topological polar surface area (TPSA) is 3.24 Å². The third kappa shape index (κ3) is 7.27. The molecular formula is C73H47NS2. The Labute approximate surface area is 450 Å². The van der Waals surface area contributed by atoms with E-state index >= 15 is 0 Å². The second kappa shape index (κ2) is 18.1. The van der Waals surface area contributed by atoms with E-state index in [0.717, 1.165) is 17.1 Å². The molecule has 76 heavy (non-hydrogen) atoms. The second-order valence-corrected chi connectivity index (χ2v) is 22.1. The molecule has 0 saturated heterocycles. The normalized spacial score (nSPS) is 12.6. The number of anilines is 3. The predicted molar refractivity (Wildman–Crippen MR) is 326 cm³/mol. The van der Waals surface area contributed by atoms with E-state index < -0.39 is 5.41 Å². The molecule has 0 N–H and O–H groups in total. The van der Waals surface area contributed by atoms with Gasteiger partial charge < -0.3 is 4.90 Å². The zero-order valence-electron chi connectivity index (χ0n) is 41.4. The van der Waals surface area contributed by atoms with Gasteiger partial charge in [0.25, 0.3) is 0 Å². The summed E-state index contributed by atoms with van der Waals surface area (Å²) in [5, 5.41) is 5.28. The average Bonchev–Trinajstić information content (AvgIpc) is 4.32. The molecule has 1 nitrogen and oxygen atoms in total. The van der Waals surface area contributed by atoms with Crippen LogP contribution in [-0.4, -0.2) is 0 Å². The molecule has 3 heteroatoms. The quantitative estimate of drug-likeness (QED) is 0.139. The summed E-state index contributed by atoms with van der Waals surface area (Å²) in [5.41, 5.74) is 20.0. The zero-order valence-corrected chi connectivity index (χ0v) is 43.0. The highest BCUT2D eigenvalue weighted by molar-refractivity contribution is 7.26. The van der Waals surface area contributed by atoms with Gasteiger partial charge in [-0.25, -0.2) is 0 Å². The number of nitrogens with zero attached hydrogens (tertiary/aromatic N) is 1. The fourth-order valence-electron chi connectivity index (χ4n) is 12.2. The Hall–Kier alpha value is -9.12. The Morgan fingerprint density at radius 1 is 0.237 bits per heavy atom. The maximum absolute atomic E-state index is 2.43. The first kappa shape index (κ1) is 44.4. The molecule has 15 rings (SSSR count). The lowest BCUT2D eigenvalue weighted by Gasteiger charge is -2.34. The highest BCUT2D eigenvalue weighted by Gasteiger charge is 2.46. The van der Waals surface area contributed by atoms with Gasteiger partial charge in [0.1, 0.15) is 0 Å². The molecule has 12 aromatic carbocycles. The second-order valence-electron chi connectivity index (χ2n) is 20.0. The number of hydrogen-bond donors (Lipinski definition) is 0. The Bertz CT molecular complexity index is 4450.